The maximum absolute atomic E-state index is 13.5. The lowest BCUT2D eigenvalue weighted by atomic mass is 10.0. The number of hydrogen-bond acceptors (Lipinski definition) is 28. The van der Waals surface area contributed by atoms with Crippen molar-refractivity contribution in [1.82, 2.24) is 95.4 Å². The van der Waals surface area contributed by atoms with Crippen molar-refractivity contribution >= 4 is 95.8 Å². The summed E-state index contributed by atoms with van der Waals surface area (Å²) in [7, 11) is 3.83. The van der Waals surface area contributed by atoms with Crippen LogP contribution in [0.3, 0.4) is 0 Å². The zero-order valence-corrected chi connectivity index (χ0v) is 71.2. The number of H-pyrrole nitrogens is 1. The van der Waals surface area contributed by atoms with Crippen molar-refractivity contribution in [1.29, 1.82) is 0 Å². The molecule has 8 aromatic carbocycles. The first-order valence-electron chi connectivity index (χ1n) is 42.4. The van der Waals surface area contributed by atoms with Gasteiger partial charge in [-0.1, -0.05) is 54.3 Å². The van der Waals surface area contributed by atoms with E-state index in [-0.39, 0.29) is 31.2 Å². The number of rotatable bonds is 25. The molecule has 32 heteroatoms. The fourth-order valence-corrected chi connectivity index (χ4v) is 14.8. The van der Waals surface area contributed by atoms with Crippen LogP contribution in [0, 0.1) is 30.5 Å². The van der Waals surface area contributed by atoms with E-state index < -0.39 is 0 Å². The Morgan fingerprint density at radius 2 is 0.962 bits per heavy atom. The van der Waals surface area contributed by atoms with Crippen molar-refractivity contribution in [2.75, 3.05) is 91.9 Å². The highest BCUT2D eigenvalue weighted by Gasteiger charge is 2.23. The van der Waals surface area contributed by atoms with Crippen LogP contribution < -0.4 is 60.5 Å². The predicted octanol–water partition coefficient (Wildman–Crippen LogP) is 15.6. The first kappa shape index (κ1) is 86.0. The highest BCUT2D eigenvalue weighted by atomic mass is 19.1. The van der Waals surface area contributed by atoms with Crippen LogP contribution >= 0.6 is 0 Å². The van der Waals surface area contributed by atoms with Gasteiger partial charge in [0.1, 0.15) is 72.3 Å². The highest BCUT2D eigenvalue weighted by Crippen LogP contribution is 2.39. The number of morpholine rings is 1. The number of aliphatic hydroxyl groups is 1. The van der Waals surface area contributed by atoms with Crippen LogP contribution in [-0.4, -0.2) is 168 Å². The highest BCUT2D eigenvalue weighted by molar-refractivity contribution is 5.90. The largest absolute Gasteiger partial charge is 0.491 e. The fraction of sp³-hybridized carbons (Fsp3) is 0.204. The molecule has 0 unspecified atom stereocenters. The minimum Gasteiger partial charge on any atom is -0.491 e. The quantitative estimate of drug-likeness (QED) is 0.0246. The second-order valence-corrected chi connectivity index (χ2v) is 30.6. The van der Waals surface area contributed by atoms with E-state index in [1.54, 1.807) is 71.1 Å². The summed E-state index contributed by atoms with van der Waals surface area (Å²) in [6, 6.07) is 52.9. The molecule has 9 aromatic heterocycles. The number of aromatic amines is 1. The van der Waals surface area contributed by atoms with Crippen LogP contribution in [0.5, 0.6) is 28.7 Å². The Morgan fingerprint density at radius 3 is 1.45 bits per heavy atom. The molecule has 20 rings (SSSR count). The zero-order valence-electron chi connectivity index (χ0n) is 71.2. The molecule has 31 nitrogen and oxygen atoms in total. The third-order valence-electron chi connectivity index (χ3n) is 21.3. The molecule has 0 radical (unpaired) electrons. The van der Waals surface area contributed by atoms with E-state index in [0.29, 0.717) is 88.0 Å². The van der Waals surface area contributed by atoms with Crippen molar-refractivity contribution in [3.05, 3.63) is 278 Å². The predicted molar refractivity (Wildman–Crippen MR) is 498 cm³/mol. The molecule has 3 aliphatic heterocycles. The number of piperidine rings is 2. The van der Waals surface area contributed by atoms with Gasteiger partial charge in [-0.2, -0.15) is 25.6 Å². The number of aromatic nitrogens is 17. The second kappa shape index (κ2) is 41.8. The van der Waals surface area contributed by atoms with E-state index in [0.717, 1.165) is 184 Å². The van der Waals surface area contributed by atoms with Gasteiger partial charge < -0.3 is 70.3 Å². The van der Waals surface area contributed by atoms with E-state index in [1.807, 2.05) is 160 Å². The second-order valence-electron chi connectivity index (χ2n) is 30.6. The van der Waals surface area contributed by atoms with E-state index in [1.165, 1.54) is 12.1 Å². The number of pyridine rings is 2. The van der Waals surface area contributed by atoms with Gasteiger partial charge in [0.15, 0.2) is 0 Å². The zero-order chi connectivity index (χ0) is 88.8. The molecule has 0 amide bonds. The lowest BCUT2D eigenvalue weighted by molar-refractivity contribution is 0.122. The van der Waals surface area contributed by atoms with Gasteiger partial charge in [0, 0.05) is 203 Å². The fourth-order valence-electron chi connectivity index (χ4n) is 14.8. The summed E-state index contributed by atoms with van der Waals surface area (Å²) < 4.78 is 52.7. The number of hydrogen-bond donors (Lipinski definition) is 8. The van der Waals surface area contributed by atoms with Gasteiger partial charge in [-0.25, -0.2) is 44.3 Å². The maximum atomic E-state index is 13.5. The van der Waals surface area contributed by atoms with Gasteiger partial charge >= 0.3 is 0 Å². The third kappa shape index (κ3) is 22.6. The first-order valence-corrected chi connectivity index (χ1v) is 42.4. The van der Waals surface area contributed by atoms with Gasteiger partial charge in [0.25, 0.3) is 0 Å². The number of aryl methyl sites for hydroxylation is 2. The molecule has 0 saturated carbocycles. The van der Waals surface area contributed by atoms with Crippen LogP contribution in [-0.2, 0) is 32.0 Å². The molecular weight excluding hydrogens is 1640 g/mol. The van der Waals surface area contributed by atoms with E-state index in [2.05, 4.69) is 149 Å². The average molecular weight is 1740 g/mol. The number of halogens is 1. The smallest absolute Gasteiger partial charge is 0.227 e. The van der Waals surface area contributed by atoms with E-state index >= 15 is 0 Å². The van der Waals surface area contributed by atoms with Gasteiger partial charge in [-0.3, -0.25) is 19.3 Å². The molecule has 652 valence electrons. The molecule has 3 saturated heterocycles. The van der Waals surface area contributed by atoms with E-state index in [4.69, 9.17) is 51.4 Å². The molecule has 17 aromatic rings. The van der Waals surface area contributed by atoms with Crippen LogP contribution in [0.1, 0.15) is 47.9 Å². The van der Waals surface area contributed by atoms with Crippen molar-refractivity contribution in [3.63, 3.8) is 0 Å². The summed E-state index contributed by atoms with van der Waals surface area (Å²) in [5.74, 6) is 10.2. The van der Waals surface area contributed by atoms with Crippen molar-refractivity contribution in [2.24, 2.45) is 14.1 Å². The number of benzene rings is 8. The Morgan fingerprint density at radius 1 is 0.477 bits per heavy atom. The molecule has 0 atom stereocenters. The van der Waals surface area contributed by atoms with Crippen LogP contribution in [0.2, 0.25) is 0 Å². The number of terminal acetylenes is 2. The third-order valence-corrected chi connectivity index (χ3v) is 21.3. The molecule has 130 heavy (non-hydrogen) atoms. The normalized spacial score (nSPS) is 13.3. The average Bonchev–Trinajstić information content (AvgIpc) is 1.26. The molecular formula is C98H91FN24O7. The lowest BCUT2D eigenvalue weighted by Gasteiger charge is -2.29. The van der Waals surface area contributed by atoms with Crippen molar-refractivity contribution < 1.29 is 37.9 Å². The van der Waals surface area contributed by atoms with E-state index in [9.17, 15) is 4.39 Å². The molecule has 3 aliphatic rings. The Bertz CT molecular complexity index is 6800. The number of nitrogens with zero attached hydrogens (tertiary/aromatic N) is 17. The Balaban J connectivity index is 0.000000122. The monoisotopic (exact) mass is 1730 g/mol. The minimum atomic E-state index is -0.323. The Labute approximate surface area is 747 Å². The van der Waals surface area contributed by atoms with Crippen molar-refractivity contribution in [2.45, 2.75) is 51.1 Å². The summed E-state index contributed by atoms with van der Waals surface area (Å²) in [5, 5.41) is 51.3. The summed E-state index contributed by atoms with van der Waals surface area (Å²) in [4.78, 5) is 47.0. The van der Waals surface area contributed by atoms with Gasteiger partial charge in [0.2, 0.25) is 23.8 Å². The van der Waals surface area contributed by atoms with Gasteiger partial charge in [-0.15, -0.1) is 12.8 Å². The Kier molecular flexibility index (Phi) is 27.6. The number of aliphatic hydroxyl groups excluding tert-OH is 1. The number of ether oxygens (including phenoxy) is 6. The molecule has 0 bridgehead atoms. The molecule has 0 aliphatic carbocycles. The topological polar surface area (TPSA) is 357 Å². The lowest BCUT2D eigenvalue weighted by Crippen LogP contribution is -2.36. The number of fused-ring (bicyclic) bond motifs is 4. The number of anilines is 9. The SMILES string of the molecule is C#Cc1cc2cnc(Nc3cccc(N4CCOCC4)c3)nc2cc1OCc1cccnc1.C#Cc1cc2cnc(Nc3cccc(OCCO)c3)nc2cc1OCc1cccnc1.Cn1cc(-c2ccc(Nc3ncc4cc(-c5cnn(C)c5)c(OC5CCNCC5)cc4n3)cc2)cn1.Fc1cccc(Nc2ncc3cc(-c4cn[nH]n4)c(OC4CCNCC4)cc3n2)c1. The molecule has 0 spiro atoms. The summed E-state index contributed by atoms with van der Waals surface area (Å²) >= 11 is 0. The summed E-state index contributed by atoms with van der Waals surface area (Å²) in [6.45, 7) is 7.97. The minimum absolute atomic E-state index is 0.0454. The molecule has 12 heterocycles. The summed E-state index contributed by atoms with van der Waals surface area (Å²) in [6.07, 6.45) is 38.9. The van der Waals surface area contributed by atoms with Gasteiger partial charge in [-0.05, 0) is 154 Å². The van der Waals surface area contributed by atoms with Crippen LogP contribution in [0.4, 0.5) is 56.6 Å². The standard InChI is InChI=1S/C27H28N8O.C26H23N5O2.C24H20N4O3.C21H20FN7O/c1-34-16-20(14-30-34)18-3-5-22(6-4-18)32-27-29-13-19-11-24(21-15-31-35(2)17-21)26(12-25(19)33-27)36-23-7-9-28-10-8-23;1-2-20-13-21-17-28-26(29-22-6-3-7-23(14-22)31-9-11-32-12-10-31)30-24(21)15-25(20)33-18-19-5-4-8-27-16-19;1-2-18-11-19-15-26-24(27-20-6-3-7-21(12-20)30-10-9-29)28-22(19)13-23(18)31-16-17-5-4-8-25-14-17;22-14-2-1-3-15(9-14)26-21-24-11-13-8-17(19-12-25-29-28-19)20(10-18(13)27-21)30-16-4-6-23-7-5-16/h3-6,11-17,23,28H,7-10H2,1-2H3,(H,29,32,33);1,3-8,13-17H,9-12,18H2,(H,28,29,30);1,3-8,11-15,29H,9-10,16H2,(H,26,27,28);1-3,8-12,16,23H,4-7H2,(H,24,26,27)(H,25,28,29). The van der Waals surface area contributed by atoms with Gasteiger partial charge in [0.05, 0.1) is 71.6 Å². The molecule has 8 N–H and O–H groups in total. The molecule has 3 fully saturated rings. The Hall–Kier alpha value is -16.1. The van der Waals surface area contributed by atoms with Crippen molar-refractivity contribution in [3.8, 4) is 86.9 Å². The number of nitrogens with one attached hydrogen (secondary N) is 7. The van der Waals surface area contributed by atoms with Crippen LogP contribution in [0.15, 0.2) is 250 Å². The first-order chi connectivity index (χ1) is 63.9. The van der Waals surface area contributed by atoms with Crippen LogP contribution in [0.25, 0.3) is 77.1 Å². The summed E-state index contributed by atoms with van der Waals surface area (Å²) in [5.41, 5.74) is 16.3. The maximum Gasteiger partial charge on any atom is 0.227 e.